The second-order valence-corrected chi connectivity index (χ2v) is 7.65. The number of carbonyl (C=O) groups is 1. The first-order valence-electron chi connectivity index (χ1n) is 8.48. The van der Waals surface area contributed by atoms with Crippen LogP contribution in [0.1, 0.15) is 24.2 Å². The van der Waals surface area contributed by atoms with Crippen molar-refractivity contribution in [2.45, 2.75) is 26.1 Å². The summed E-state index contributed by atoms with van der Waals surface area (Å²) < 4.78 is 7.02. The van der Waals surface area contributed by atoms with Gasteiger partial charge in [-0.15, -0.1) is 11.3 Å². The van der Waals surface area contributed by atoms with Gasteiger partial charge in [-0.25, -0.2) is 4.98 Å². The smallest absolute Gasteiger partial charge is 0.153 e. The van der Waals surface area contributed by atoms with Gasteiger partial charge in [0.2, 0.25) is 0 Å². The fourth-order valence-electron chi connectivity index (χ4n) is 3.44. The van der Waals surface area contributed by atoms with Crippen LogP contribution in [-0.4, -0.2) is 36.6 Å². The molecule has 1 aromatic carbocycles. The van der Waals surface area contributed by atoms with Gasteiger partial charge in [-0.3, -0.25) is 4.79 Å². The number of aromatic nitrogens is 1. The van der Waals surface area contributed by atoms with Crippen molar-refractivity contribution in [3.05, 3.63) is 48.2 Å². The van der Waals surface area contributed by atoms with E-state index in [4.69, 9.17) is 4.74 Å². The lowest BCUT2D eigenvalue weighted by atomic mass is 10.1. The van der Waals surface area contributed by atoms with E-state index in [1.807, 2.05) is 24.4 Å². The summed E-state index contributed by atoms with van der Waals surface area (Å²) in [4.78, 5) is 19.6. The first-order chi connectivity index (χ1) is 12.1. The number of hydrogen-bond donors (Lipinski definition) is 0. The maximum Gasteiger partial charge on any atom is 0.153 e. The molecule has 4 rings (SSSR count). The van der Waals surface area contributed by atoms with Crippen molar-refractivity contribution >= 4 is 33.5 Å². The van der Waals surface area contributed by atoms with Crippen LogP contribution < -0.4 is 4.90 Å². The molecule has 0 radical (unpaired) electrons. The Hall–Kier alpha value is -2.24. The quantitative estimate of drug-likeness (QED) is 0.656. The number of hydrogen-bond acceptors (Lipinski definition) is 5. The topological polar surface area (TPSA) is 42.4 Å². The number of nitrogens with zero attached hydrogens (tertiary/aromatic N) is 2. The second-order valence-electron chi connectivity index (χ2n) is 6.57. The molecule has 2 atom stereocenters. The monoisotopic (exact) mass is 352 g/mol. The van der Waals surface area contributed by atoms with Crippen LogP contribution in [0.5, 0.6) is 0 Å². The SMILES string of the molecule is C[C@@H]1CN(c2ncc(-c3cc4ccccc4s3)cc2C=O)C[C@H](C)O1. The molecule has 1 aliphatic rings. The molecule has 4 nitrogen and oxygen atoms in total. The summed E-state index contributed by atoms with van der Waals surface area (Å²) in [6, 6.07) is 12.4. The van der Waals surface area contributed by atoms with Crippen molar-refractivity contribution in [3.8, 4) is 10.4 Å². The van der Waals surface area contributed by atoms with Crippen LogP contribution in [0, 0.1) is 0 Å². The normalized spacial score (nSPS) is 20.8. The van der Waals surface area contributed by atoms with E-state index >= 15 is 0 Å². The Labute approximate surface area is 151 Å². The van der Waals surface area contributed by atoms with Gasteiger partial charge in [0.15, 0.2) is 6.29 Å². The molecule has 1 saturated heterocycles. The molecule has 1 fully saturated rings. The predicted molar refractivity (Wildman–Crippen MR) is 103 cm³/mol. The average molecular weight is 352 g/mol. The zero-order chi connectivity index (χ0) is 17.4. The molecular formula is C20H20N2O2S. The summed E-state index contributed by atoms with van der Waals surface area (Å²) >= 11 is 1.72. The number of aldehydes is 1. The number of rotatable bonds is 3. The van der Waals surface area contributed by atoms with E-state index in [9.17, 15) is 4.79 Å². The van der Waals surface area contributed by atoms with Gasteiger partial charge in [0.05, 0.1) is 17.8 Å². The van der Waals surface area contributed by atoms with Crippen LogP contribution in [-0.2, 0) is 4.74 Å². The van der Waals surface area contributed by atoms with Gasteiger partial charge in [0.1, 0.15) is 5.82 Å². The molecule has 3 heterocycles. The number of anilines is 1. The third kappa shape index (κ3) is 3.17. The molecule has 0 N–H and O–H groups in total. The van der Waals surface area contributed by atoms with Crippen LogP contribution in [0.3, 0.4) is 0 Å². The zero-order valence-electron chi connectivity index (χ0n) is 14.3. The van der Waals surface area contributed by atoms with Crippen molar-refractivity contribution in [2.75, 3.05) is 18.0 Å². The highest BCUT2D eigenvalue weighted by Gasteiger charge is 2.25. The number of ether oxygens (including phenoxy) is 1. The van der Waals surface area contributed by atoms with Crippen LogP contribution in [0.15, 0.2) is 42.6 Å². The lowest BCUT2D eigenvalue weighted by Gasteiger charge is -2.36. The van der Waals surface area contributed by atoms with E-state index in [0.717, 1.165) is 35.6 Å². The summed E-state index contributed by atoms with van der Waals surface area (Å²) in [7, 11) is 0. The van der Waals surface area contributed by atoms with Crippen molar-refractivity contribution < 1.29 is 9.53 Å². The maximum atomic E-state index is 11.7. The second kappa shape index (κ2) is 6.58. The average Bonchev–Trinajstić information content (AvgIpc) is 3.04. The molecule has 0 saturated carbocycles. The van der Waals surface area contributed by atoms with Gasteiger partial charge in [-0.1, -0.05) is 18.2 Å². The lowest BCUT2D eigenvalue weighted by molar-refractivity contribution is -0.00549. The lowest BCUT2D eigenvalue weighted by Crippen LogP contribution is -2.46. The largest absolute Gasteiger partial charge is 0.372 e. The van der Waals surface area contributed by atoms with E-state index in [2.05, 4.69) is 41.9 Å². The molecule has 0 unspecified atom stereocenters. The van der Waals surface area contributed by atoms with Crippen molar-refractivity contribution in [1.29, 1.82) is 0 Å². The highest BCUT2D eigenvalue weighted by atomic mass is 32.1. The minimum Gasteiger partial charge on any atom is -0.372 e. The molecule has 0 amide bonds. The van der Waals surface area contributed by atoms with Crippen molar-refractivity contribution in [3.63, 3.8) is 0 Å². The predicted octanol–water partition coefficient (Wildman–Crippen LogP) is 4.39. The molecule has 1 aliphatic heterocycles. The first kappa shape index (κ1) is 16.2. The summed E-state index contributed by atoms with van der Waals surface area (Å²) in [6.45, 7) is 5.60. The fraction of sp³-hybridized carbons (Fsp3) is 0.300. The molecule has 0 aliphatic carbocycles. The van der Waals surface area contributed by atoms with Gasteiger partial charge in [0.25, 0.3) is 0 Å². The van der Waals surface area contributed by atoms with E-state index < -0.39 is 0 Å². The highest BCUT2D eigenvalue weighted by Crippen LogP contribution is 2.34. The van der Waals surface area contributed by atoms with Crippen LogP contribution in [0.4, 0.5) is 5.82 Å². The maximum absolute atomic E-state index is 11.7. The standard InChI is InChI=1S/C20H20N2O2S/c1-13-10-22(11-14(2)24-13)20-17(12-23)7-16(9-21-20)19-8-15-5-3-4-6-18(15)25-19/h3-9,12-14H,10-11H2,1-2H3/t13-,14+. The Kier molecular flexibility index (Phi) is 4.27. The number of benzene rings is 1. The Bertz CT molecular complexity index is 878. The number of thiophene rings is 1. The van der Waals surface area contributed by atoms with Gasteiger partial charge in [-0.05, 0) is 37.4 Å². The Balaban J connectivity index is 1.71. The van der Waals surface area contributed by atoms with Crippen LogP contribution >= 0.6 is 11.3 Å². The molecule has 5 heteroatoms. The number of fused-ring (bicyclic) bond motifs is 1. The van der Waals surface area contributed by atoms with Gasteiger partial charge in [-0.2, -0.15) is 0 Å². The molecular weight excluding hydrogens is 332 g/mol. The third-order valence-corrected chi connectivity index (χ3v) is 5.62. The van der Waals surface area contributed by atoms with E-state index in [1.165, 1.54) is 10.1 Å². The van der Waals surface area contributed by atoms with Crippen molar-refractivity contribution in [1.82, 2.24) is 4.98 Å². The molecule has 128 valence electrons. The van der Waals surface area contributed by atoms with Gasteiger partial charge >= 0.3 is 0 Å². The minimum absolute atomic E-state index is 0.132. The van der Waals surface area contributed by atoms with E-state index in [-0.39, 0.29) is 12.2 Å². The number of carbonyl (C=O) groups excluding carboxylic acids is 1. The van der Waals surface area contributed by atoms with E-state index in [1.54, 1.807) is 11.3 Å². The zero-order valence-corrected chi connectivity index (χ0v) is 15.1. The number of pyridine rings is 1. The minimum atomic E-state index is 0.132. The van der Waals surface area contributed by atoms with Crippen LogP contribution in [0.2, 0.25) is 0 Å². The summed E-state index contributed by atoms with van der Waals surface area (Å²) in [5.41, 5.74) is 1.62. The Morgan fingerprint density at radius 3 is 2.68 bits per heavy atom. The fourth-order valence-corrected chi connectivity index (χ4v) is 4.48. The summed E-state index contributed by atoms with van der Waals surface area (Å²) in [5, 5.41) is 1.22. The molecule has 3 aromatic rings. The molecule has 0 spiro atoms. The number of morpholine rings is 1. The molecule has 25 heavy (non-hydrogen) atoms. The summed E-state index contributed by atoms with van der Waals surface area (Å²) in [5.74, 6) is 0.752. The van der Waals surface area contributed by atoms with Crippen LogP contribution in [0.25, 0.3) is 20.5 Å². The Morgan fingerprint density at radius 1 is 1.20 bits per heavy atom. The molecule has 2 aromatic heterocycles. The van der Waals surface area contributed by atoms with E-state index in [0.29, 0.717) is 5.56 Å². The summed E-state index contributed by atoms with van der Waals surface area (Å²) in [6.07, 6.45) is 3.04. The van der Waals surface area contributed by atoms with Gasteiger partial charge in [0, 0.05) is 34.4 Å². The first-order valence-corrected chi connectivity index (χ1v) is 9.30. The highest BCUT2D eigenvalue weighted by molar-refractivity contribution is 7.22. The van der Waals surface area contributed by atoms with Crippen molar-refractivity contribution in [2.24, 2.45) is 0 Å². The Morgan fingerprint density at radius 2 is 1.96 bits per heavy atom. The van der Waals surface area contributed by atoms with Gasteiger partial charge < -0.3 is 9.64 Å². The molecule has 0 bridgehead atoms. The third-order valence-electron chi connectivity index (χ3n) is 4.45.